The summed E-state index contributed by atoms with van der Waals surface area (Å²) in [7, 11) is 0. The first-order valence-electron chi connectivity index (χ1n) is 8.73. The number of carbonyl (C=O) groups is 2. The highest BCUT2D eigenvalue weighted by Crippen LogP contribution is 2.36. The number of rotatable bonds is 3. The lowest BCUT2D eigenvalue weighted by Gasteiger charge is -2.49. The van der Waals surface area contributed by atoms with Gasteiger partial charge >= 0.3 is 6.09 Å². The van der Waals surface area contributed by atoms with Crippen LogP contribution in [0.2, 0.25) is 0 Å². The fraction of sp³-hybridized carbons (Fsp3) is 0.529. The second-order valence-corrected chi connectivity index (χ2v) is 8.62. The van der Waals surface area contributed by atoms with E-state index < -0.39 is 17.1 Å². The van der Waals surface area contributed by atoms with Gasteiger partial charge in [-0.15, -0.1) is 0 Å². The number of hydrogen-bond donors (Lipinski definition) is 3. The van der Waals surface area contributed by atoms with Crippen LogP contribution in [0.3, 0.4) is 0 Å². The van der Waals surface area contributed by atoms with E-state index in [9.17, 15) is 14.7 Å². The molecule has 3 rings (SSSR count). The number of nitrogens with zero attached hydrogens (tertiary/aromatic N) is 4. The Kier molecular flexibility index (Phi) is 5.24. The average molecular weight is 455 g/mol. The van der Waals surface area contributed by atoms with Crippen LogP contribution in [0.25, 0.3) is 5.52 Å². The number of hydrogen-bond acceptors (Lipinski definition) is 6. The molecule has 0 saturated carbocycles. The molecule has 2 amide bonds. The average Bonchev–Trinajstić information content (AvgIpc) is 2.97. The van der Waals surface area contributed by atoms with E-state index in [1.807, 2.05) is 20.8 Å². The molecule has 152 valence electrons. The van der Waals surface area contributed by atoms with Gasteiger partial charge in [0.25, 0.3) is 5.91 Å². The van der Waals surface area contributed by atoms with Gasteiger partial charge in [0.2, 0.25) is 0 Å². The van der Waals surface area contributed by atoms with Gasteiger partial charge in [-0.05, 0) is 27.4 Å². The van der Waals surface area contributed by atoms with Crippen LogP contribution in [-0.2, 0) is 4.74 Å². The summed E-state index contributed by atoms with van der Waals surface area (Å²) in [4.78, 5) is 29.6. The molecule has 1 atom stereocenters. The van der Waals surface area contributed by atoms with Crippen molar-refractivity contribution in [3.63, 3.8) is 0 Å². The number of morpholine rings is 1. The number of halogens is 1. The van der Waals surface area contributed by atoms with Crippen LogP contribution in [0.1, 0.15) is 31.3 Å². The Morgan fingerprint density at radius 3 is 2.82 bits per heavy atom. The summed E-state index contributed by atoms with van der Waals surface area (Å²) in [5.74, 6) is -0.127. The molecule has 2 aromatic heterocycles. The monoisotopic (exact) mass is 454 g/mol. The normalized spacial score (nSPS) is 20.4. The molecule has 4 N–H and O–H groups in total. The number of amides is 2. The minimum atomic E-state index is -1.00. The standard InChI is InChI=1S/C17H23BrN6O4/c1-16(2,3)17(8-23(15(26)27)4-5-28-17)7-20-14(25)11-6-10(18)12-13(19)21-9-22-24(11)12/h6,9H,4-5,7-8H2,1-3H3,(H,20,25)(H,26,27)(H2,19,21,22). The minimum absolute atomic E-state index is 0.143. The SMILES string of the molecule is CC(C)(C)C1(CNC(=O)c2cc(Br)c3c(N)ncnn23)CN(C(=O)O)CCO1. The molecule has 0 aliphatic carbocycles. The highest BCUT2D eigenvalue weighted by Gasteiger charge is 2.47. The summed E-state index contributed by atoms with van der Waals surface area (Å²) in [5.41, 5.74) is 5.38. The lowest BCUT2D eigenvalue weighted by molar-refractivity contribution is -0.155. The molecule has 28 heavy (non-hydrogen) atoms. The van der Waals surface area contributed by atoms with Crippen LogP contribution in [0.4, 0.5) is 10.6 Å². The number of fused-ring (bicyclic) bond motifs is 1. The molecule has 1 saturated heterocycles. The van der Waals surface area contributed by atoms with E-state index >= 15 is 0 Å². The Hall–Kier alpha value is -2.40. The summed E-state index contributed by atoms with van der Waals surface area (Å²) in [5, 5.41) is 16.4. The van der Waals surface area contributed by atoms with Gasteiger partial charge in [0.1, 0.15) is 23.1 Å². The van der Waals surface area contributed by atoms with Crippen LogP contribution >= 0.6 is 15.9 Å². The first kappa shape index (κ1) is 20.3. The zero-order chi connectivity index (χ0) is 20.7. The van der Waals surface area contributed by atoms with Gasteiger partial charge in [-0.3, -0.25) is 4.79 Å². The van der Waals surface area contributed by atoms with E-state index in [-0.39, 0.29) is 37.1 Å². The highest BCUT2D eigenvalue weighted by atomic mass is 79.9. The van der Waals surface area contributed by atoms with Crippen molar-refractivity contribution in [2.75, 3.05) is 32.0 Å². The molecular weight excluding hydrogens is 432 g/mol. The van der Waals surface area contributed by atoms with Crippen molar-refractivity contribution in [2.45, 2.75) is 26.4 Å². The van der Waals surface area contributed by atoms with Gasteiger partial charge in [0.15, 0.2) is 5.82 Å². The van der Waals surface area contributed by atoms with E-state index in [2.05, 4.69) is 31.3 Å². The van der Waals surface area contributed by atoms with E-state index in [1.54, 1.807) is 6.07 Å². The van der Waals surface area contributed by atoms with Gasteiger partial charge in [0, 0.05) is 17.6 Å². The number of ether oxygens (including phenoxy) is 1. The maximum atomic E-state index is 12.9. The van der Waals surface area contributed by atoms with Crippen molar-refractivity contribution < 1.29 is 19.4 Å². The number of anilines is 1. The zero-order valence-electron chi connectivity index (χ0n) is 15.9. The number of aromatic nitrogens is 3. The van der Waals surface area contributed by atoms with E-state index in [4.69, 9.17) is 10.5 Å². The van der Waals surface area contributed by atoms with Gasteiger partial charge in [-0.1, -0.05) is 20.8 Å². The van der Waals surface area contributed by atoms with E-state index in [1.165, 1.54) is 15.7 Å². The number of nitrogens with two attached hydrogens (primary N) is 1. The second kappa shape index (κ2) is 7.21. The summed E-state index contributed by atoms with van der Waals surface area (Å²) >= 11 is 3.37. The van der Waals surface area contributed by atoms with Crippen LogP contribution in [-0.4, -0.2) is 68.4 Å². The molecule has 10 nitrogen and oxygen atoms in total. The van der Waals surface area contributed by atoms with Crippen LogP contribution in [0, 0.1) is 5.41 Å². The maximum Gasteiger partial charge on any atom is 0.407 e. The molecule has 1 aliphatic rings. The molecule has 0 bridgehead atoms. The number of carboxylic acid groups (broad SMARTS) is 1. The Morgan fingerprint density at radius 2 is 2.18 bits per heavy atom. The molecule has 11 heteroatoms. The zero-order valence-corrected chi connectivity index (χ0v) is 17.5. The number of carbonyl (C=O) groups excluding carboxylic acids is 1. The van der Waals surface area contributed by atoms with Crippen molar-refractivity contribution in [3.05, 3.63) is 22.6 Å². The van der Waals surface area contributed by atoms with Crippen molar-refractivity contribution in [2.24, 2.45) is 5.41 Å². The molecule has 3 heterocycles. The Labute approximate surface area is 170 Å². The summed E-state index contributed by atoms with van der Waals surface area (Å²) in [6.45, 7) is 6.76. The molecule has 2 aromatic rings. The second-order valence-electron chi connectivity index (χ2n) is 7.76. The minimum Gasteiger partial charge on any atom is -0.465 e. The molecule has 1 unspecified atom stereocenters. The lowest BCUT2D eigenvalue weighted by atomic mass is 9.75. The number of nitrogen functional groups attached to an aromatic ring is 1. The van der Waals surface area contributed by atoms with Crippen molar-refractivity contribution >= 4 is 39.3 Å². The predicted octanol–water partition coefficient (Wildman–Crippen LogP) is 1.60. The third-order valence-electron chi connectivity index (χ3n) is 5.13. The van der Waals surface area contributed by atoms with Crippen molar-refractivity contribution in [1.82, 2.24) is 24.8 Å². The highest BCUT2D eigenvalue weighted by molar-refractivity contribution is 9.10. The Morgan fingerprint density at radius 1 is 1.46 bits per heavy atom. The summed E-state index contributed by atoms with van der Waals surface area (Å²) < 4.78 is 8.04. The third kappa shape index (κ3) is 3.51. The molecule has 0 radical (unpaired) electrons. The number of nitrogens with one attached hydrogen (secondary N) is 1. The Bertz CT molecular complexity index is 924. The van der Waals surface area contributed by atoms with E-state index in [0.29, 0.717) is 16.5 Å². The van der Waals surface area contributed by atoms with Gasteiger partial charge in [-0.25, -0.2) is 14.3 Å². The fourth-order valence-corrected chi connectivity index (χ4v) is 3.86. The smallest absolute Gasteiger partial charge is 0.407 e. The molecule has 0 aromatic carbocycles. The van der Waals surface area contributed by atoms with Gasteiger partial charge < -0.3 is 25.8 Å². The lowest BCUT2D eigenvalue weighted by Crippen LogP contribution is -2.64. The first-order chi connectivity index (χ1) is 13.1. The van der Waals surface area contributed by atoms with Crippen molar-refractivity contribution in [3.8, 4) is 0 Å². The molecule has 0 spiro atoms. The quantitative estimate of drug-likeness (QED) is 0.640. The van der Waals surface area contributed by atoms with Crippen LogP contribution in [0.5, 0.6) is 0 Å². The first-order valence-corrected chi connectivity index (χ1v) is 9.53. The maximum absolute atomic E-state index is 12.9. The van der Waals surface area contributed by atoms with Gasteiger partial charge in [-0.2, -0.15) is 5.10 Å². The Balaban J connectivity index is 1.86. The molecule has 1 fully saturated rings. The largest absolute Gasteiger partial charge is 0.465 e. The van der Waals surface area contributed by atoms with Gasteiger partial charge in [0.05, 0.1) is 13.2 Å². The summed E-state index contributed by atoms with van der Waals surface area (Å²) in [6, 6.07) is 1.62. The van der Waals surface area contributed by atoms with Crippen LogP contribution < -0.4 is 11.1 Å². The summed E-state index contributed by atoms with van der Waals surface area (Å²) in [6.07, 6.45) is 0.272. The molecular formula is C17H23BrN6O4. The topological polar surface area (TPSA) is 135 Å². The fourth-order valence-electron chi connectivity index (χ4n) is 3.27. The third-order valence-corrected chi connectivity index (χ3v) is 5.73. The predicted molar refractivity (Wildman–Crippen MR) is 105 cm³/mol. The van der Waals surface area contributed by atoms with E-state index in [0.717, 1.165) is 0 Å². The van der Waals surface area contributed by atoms with Crippen LogP contribution in [0.15, 0.2) is 16.9 Å². The molecule has 1 aliphatic heterocycles. The van der Waals surface area contributed by atoms with Crippen molar-refractivity contribution in [1.29, 1.82) is 0 Å².